The van der Waals surface area contributed by atoms with Crippen LogP contribution in [0.15, 0.2) is 30.5 Å². The van der Waals surface area contributed by atoms with Crippen molar-refractivity contribution in [3.63, 3.8) is 0 Å². The van der Waals surface area contributed by atoms with E-state index in [9.17, 15) is 4.79 Å². The Hall–Kier alpha value is -1.81. The third kappa shape index (κ3) is 4.11. The van der Waals surface area contributed by atoms with Gasteiger partial charge in [-0.05, 0) is 107 Å². The molecule has 172 valence electrons. The van der Waals surface area contributed by atoms with E-state index in [2.05, 4.69) is 45.2 Å². The summed E-state index contributed by atoms with van der Waals surface area (Å²) in [5, 5.41) is 4.93. The van der Waals surface area contributed by atoms with Crippen LogP contribution in [-0.2, 0) is 17.8 Å². The number of fused-ring (bicyclic) bond motifs is 1. The average Bonchev–Trinajstić information content (AvgIpc) is 3.39. The summed E-state index contributed by atoms with van der Waals surface area (Å²) in [4.78, 5) is 15.5. The Morgan fingerprint density at radius 3 is 2.38 bits per heavy atom. The number of rotatable bonds is 8. The molecule has 0 radical (unpaired) electrons. The van der Waals surface area contributed by atoms with Gasteiger partial charge in [-0.25, -0.2) is 0 Å². The zero-order valence-corrected chi connectivity index (χ0v) is 19.5. The molecule has 4 bridgehead atoms. The minimum atomic E-state index is 0.150. The van der Waals surface area contributed by atoms with Crippen LogP contribution in [0.1, 0.15) is 69.8 Å². The maximum Gasteiger partial charge on any atom is 0.220 e. The molecule has 1 aromatic carbocycles. The van der Waals surface area contributed by atoms with Crippen molar-refractivity contribution in [1.29, 1.82) is 0 Å². The lowest BCUT2D eigenvalue weighted by Crippen LogP contribution is -2.59. The molecule has 1 N–H and O–H groups in total. The number of aromatic nitrogens is 1. The molecule has 2 aromatic rings. The van der Waals surface area contributed by atoms with Gasteiger partial charge in [-0.2, -0.15) is 0 Å². The van der Waals surface area contributed by atoms with Gasteiger partial charge in [-0.3, -0.25) is 4.79 Å². The van der Waals surface area contributed by atoms with E-state index < -0.39 is 0 Å². The van der Waals surface area contributed by atoms with Gasteiger partial charge in [-0.1, -0.05) is 18.2 Å². The standard InChI is InChI=1S/C28H39N3O/c32-27(29-28-17-21-14-22(18-28)16-23(15-21)19-28)9-5-6-24-20-31(13-12-30-10-3-4-11-30)26-8-2-1-7-25(24)26/h1-2,7-8,20-23H,3-6,9-19H2,(H,29,32). The van der Waals surface area contributed by atoms with Crippen LogP contribution >= 0.6 is 0 Å². The molecule has 4 nitrogen and oxygen atoms in total. The number of benzene rings is 1. The molecule has 7 rings (SSSR count). The largest absolute Gasteiger partial charge is 0.351 e. The summed E-state index contributed by atoms with van der Waals surface area (Å²) in [6.45, 7) is 4.72. The third-order valence-corrected chi connectivity index (χ3v) is 9.02. The van der Waals surface area contributed by atoms with Gasteiger partial charge < -0.3 is 14.8 Å². The Morgan fingerprint density at radius 1 is 0.969 bits per heavy atom. The number of carbonyl (C=O) groups is 1. The van der Waals surface area contributed by atoms with Crippen LogP contribution in [-0.4, -0.2) is 40.5 Å². The SMILES string of the molecule is O=C(CCCc1cn(CCN2CCCC2)c2ccccc12)NC12CC3CC(CC(C3)C1)C2. The van der Waals surface area contributed by atoms with E-state index in [0.717, 1.165) is 43.7 Å². The molecule has 2 heterocycles. The van der Waals surface area contributed by atoms with Crippen molar-refractivity contribution in [2.24, 2.45) is 17.8 Å². The summed E-state index contributed by atoms with van der Waals surface area (Å²) in [5.41, 5.74) is 2.90. The smallest absolute Gasteiger partial charge is 0.220 e. The van der Waals surface area contributed by atoms with Crippen molar-refractivity contribution < 1.29 is 4.79 Å². The highest BCUT2D eigenvalue weighted by Gasteiger charge is 2.51. The fourth-order valence-electron chi connectivity index (χ4n) is 8.02. The van der Waals surface area contributed by atoms with E-state index in [1.54, 1.807) is 0 Å². The zero-order chi connectivity index (χ0) is 21.5. The average molecular weight is 434 g/mol. The van der Waals surface area contributed by atoms with Crippen molar-refractivity contribution in [3.05, 3.63) is 36.0 Å². The number of likely N-dealkylation sites (tertiary alicyclic amines) is 1. The Labute approximate surface area is 192 Å². The van der Waals surface area contributed by atoms with Crippen molar-refractivity contribution >= 4 is 16.8 Å². The minimum Gasteiger partial charge on any atom is -0.351 e. The molecule has 4 aliphatic carbocycles. The number of hydrogen-bond acceptors (Lipinski definition) is 2. The molecule has 4 heteroatoms. The molecule has 4 saturated carbocycles. The number of hydrogen-bond donors (Lipinski definition) is 1. The van der Waals surface area contributed by atoms with Crippen LogP contribution in [0.2, 0.25) is 0 Å². The summed E-state index contributed by atoms with van der Waals surface area (Å²) in [6.07, 6.45) is 15.7. The maximum absolute atomic E-state index is 12.9. The van der Waals surface area contributed by atoms with Gasteiger partial charge in [0.25, 0.3) is 0 Å². The first-order chi connectivity index (χ1) is 15.7. The molecule has 5 fully saturated rings. The van der Waals surface area contributed by atoms with Gasteiger partial charge in [0, 0.05) is 42.1 Å². The lowest BCUT2D eigenvalue weighted by molar-refractivity contribution is -0.126. The van der Waals surface area contributed by atoms with Crippen LogP contribution in [0.25, 0.3) is 10.9 Å². The number of amides is 1. The maximum atomic E-state index is 12.9. The van der Waals surface area contributed by atoms with Gasteiger partial charge in [0.1, 0.15) is 0 Å². The third-order valence-electron chi connectivity index (χ3n) is 9.02. The molecule has 1 aromatic heterocycles. The summed E-state index contributed by atoms with van der Waals surface area (Å²) in [5.74, 6) is 2.94. The number of para-hydroxylation sites is 1. The predicted octanol–water partition coefficient (Wildman–Crippen LogP) is 5.14. The number of nitrogens with one attached hydrogen (secondary N) is 1. The minimum absolute atomic E-state index is 0.150. The fraction of sp³-hybridized carbons (Fsp3) is 0.679. The molecule has 32 heavy (non-hydrogen) atoms. The fourth-order valence-corrected chi connectivity index (χ4v) is 8.02. The highest BCUT2D eigenvalue weighted by atomic mass is 16.1. The molecule has 5 aliphatic rings. The van der Waals surface area contributed by atoms with Crippen molar-refractivity contribution in [2.45, 2.75) is 82.7 Å². The normalized spacial score (nSPS) is 31.6. The van der Waals surface area contributed by atoms with Crippen LogP contribution in [0.5, 0.6) is 0 Å². The second kappa shape index (κ2) is 8.52. The second-order valence-corrected chi connectivity index (χ2v) is 11.5. The van der Waals surface area contributed by atoms with E-state index >= 15 is 0 Å². The van der Waals surface area contributed by atoms with Crippen LogP contribution in [0, 0.1) is 17.8 Å². The van der Waals surface area contributed by atoms with Gasteiger partial charge in [0.05, 0.1) is 0 Å². The van der Waals surface area contributed by atoms with Crippen LogP contribution in [0.4, 0.5) is 0 Å². The summed E-state index contributed by atoms with van der Waals surface area (Å²) in [7, 11) is 0. The molecule has 0 unspecified atom stereocenters. The topological polar surface area (TPSA) is 37.3 Å². The second-order valence-electron chi connectivity index (χ2n) is 11.5. The van der Waals surface area contributed by atoms with Crippen LogP contribution < -0.4 is 5.32 Å². The Kier molecular flexibility index (Phi) is 5.53. The zero-order valence-electron chi connectivity index (χ0n) is 19.5. The highest BCUT2D eigenvalue weighted by molar-refractivity contribution is 5.84. The number of nitrogens with zero attached hydrogens (tertiary/aromatic N) is 2. The van der Waals surface area contributed by atoms with Crippen molar-refractivity contribution in [3.8, 4) is 0 Å². The first kappa shape index (κ1) is 20.8. The van der Waals surface area contributed by atoms with E-state index in [1.165, 1.54) is 80.9 Å². The number of carbonyl (C=O) groups excluding carboxylic acids is 1. The number of aryl methyl sites for hydroxylation is 1. The summed E-state index contributed by atoms with van der Waals surface area (Å²) in [6, 6.07) is 8.81. The van der Waals surface area contributed by atoms with Gasteiger partial charge >= 0.3 is 0 Å². The highest BCUT2D eigenvalue weighted by Crippen LogP contribution is 2.55. The van der Waals surface area contributed by atoms with E-state index in [4.69, 9.17) is 0 Å². The first-order valence-corrected chi connectivity index (χ1v) is 13.3. The van der Waals surface area contributed by atoms with Crippen molar-refractivity contribution in [2.75, 3.05) is 19.6 Å². The van der Waals surface area contributed by atoms with E-state index in [0.29, 0.717) is 12.3 Å². The Bertz CT molecular complexity index is 935. The lowest BCUT2D eigenvalue weighted by Gasteiger charge is -2.56. The van der Waals surface area contributed by atoms with Crippen LogP contribution in [0.3, 0.4) is 0 Å². The molecule has 1 amide bonds. The van der Waals surface area contributed by atoms with Gasteiger partial charge in [0.2, 0.25) is 5.91 Å². The first-order valence-electron chi connectivity index (χ1n) is 13.3. The molecule has 0 atom stereocenters. The van der Waals surface area contributed by atoms with E-state index in [1.807, 2.05) is 0 Å². The molecular weight excluding hydrogens is 394 g/mol. The molecule has 1 aliphatic heterocycles. The Balaban J connectivity index is 1.06. The van der Waals surface area contributed by atoms with Gasteiger partial charge in [-0.15, -0.1) is 0 Å². The lowest BCUT2D eigenvalue weighted by atomic mass is 9.53. The quantitative estimate of drug-likeness (QED) is 0.625. The molecular formula is C28H39N3O. The van der Waals surface area contributed by atoms with Crippen molar-refractivity contribution in [1.82, 2.24) is 14.8 Å². The summed E-state index contributed by atoms with van der Waals surface area (Å²) < 4.78 is 2.44. The monoisotopic (exact) mass is 433 g/mol. The predicted molar refractivity (Wildman–Crippen MR) is 130 cm³/mol. The molecule has 1 saturated heterocycles. The summed E-state index contributed by atoms with van der Waals surface area (Å²) >= 11 is 0. The van der Waals surface area contributed by atoms with E-state index in [-0.39, 0.29) is 5.54 Å². The Morgan fingerprint density at radius 2 is 1.66 bits per heavy atom. The molecule has 0 spiro atoms. The van der Waals surface area contributed by atoms with Gasteiger partial charge in [0.15, 0.2) is 0 Å².